The molecule has 0 radical (unpaired) electrons. The molecule has 158 valence electrons. The van der Waals surface area contributed by atoms with Crippen molar-refractivity contribution < 1.29 is 4.79 Å². The van der Waals surface area contributed by atoms with E-state index in [0.29, 0.717) is 31.7 Å². The van der Waals surface area contributed by atoms with E-state index in [1.165, 1.54) is 5.56 Å². The van der Waals surface area contributed by atoms with Gasteiger partial charge in [-0.3, -0.25) is 0 Å². The summed E-state index contributed by atoms with van der Waals surface area (Å²) in [7, 11) is 0. The van der Waals surface area contributed by atoms with Crippen molar-refractivity contribution >= 4 is 22.8 Å². The van der Waals surface area contributed by atoms with Crippen LogP contribution in [0.25, 0.3) is 10.9 Å². The van der Waals surface area contributed by atoms with Crippen LogP contribution in [0.2, 0.25) is 0 Å². The van der Waals surface area contributed by atoms with Crippen molar-refractivity contribution in [2.75, 3.05) is 31.1 Å². The van der Waals surface area contributed by atoms with Crippen LogP contribution in [0, 0.1) is 25.2 Å². The van der Waals surface area contributed by atoms with Crippen LogP contribution in [-0.2, 0) is 6.54 Å². The number of pyridine rings is 1. The quantitative estimate of drug-likeness (QED) is 0.700. The van der Waals surface area contributed by atoms with Crippen molar-refractivity contribution in [3.63, 3.8) is 0 Å². The first-order valence-corrected chi connectivity index (χ1v) is 10.7. The van der Waals surface area contributed by atoms with Crippen molar-refractivity contribution in [2.45, 2.75) is 26.8 Å². The number of nitrogens with one attached hydrogen (secondary N) is 1. The number of benzene rings is 2. The molecule has 1 saturated heterocycles. The Hall–Kier alpha value is -3.59. The molecule has 1 aromatic heterocycles. The van der Waals surface area contributed by atoms with E-state index < -0.39 is 0 Å². The molecule has 0 saturated carbocycles. The first-order chi connectivity index (χ1) is 15.1. The van der Waals surface area contributed by atoms with E-state index in [2.05, 4.69) is 36.2 Å². The number of nitriles is 1. The van der Waals surface area contributed by atoms with Crippen LogP contribution >= 0.6 is 0 Å². The van der Waals surface area contributed by atoms with Gasteiger partial charge in [0.25, 0.3) is 0 Å². The van der Waals surface area contributed by atoms with Crippen LogP contribution < -0.4 is 10.2 Å². The molecule has 0 aliphatic carbocycles. The third kappa shape index (κ3) is 4.46. The highest BCUT2D eigenvalue weighted by atomic mass is 16.2. The van der Waals surface area contributed by atoms with E-state index in [9.17, 15) is 10.1 Å². The summed E-state index contributed by atoms with van der Waals surface area (Å²) in [5, 5.41) is 13.7. The number of carbonyl (C=O) groups excluding carboxylic acids is 1. The summed E-state index contributed by atoms with van der Waals surface area (Å²) in [6.45, 7) is 7.36. The molecule has 0 spiro atoms. The average molecular weight is 414 g/mol. The Morgan fingerprint density at radius 3 is 2.68 bits per heavy atom. The molecule has 3 aromatic rings. The molecule has 6 nitrogen and oxygen atoms in total. The molecule has 1 N–H and O–H groups in total. The van der Waals surface area contributed by atoms with Crippen molar-refractivity contribution in [2.24, 2.45) is 0 Å². The van der Waals surface area contributed by atoms with Crippen molar-refractivity contribution in [1.29, 1.82) is 5.26 Å². The van der Waals surface area contributed by atoms with Crippen LogP contribution in [0.3, 0.4) is 0 Å². The highest BCUT2D eigenvalue weighted by molar-refractivity contribution is 5.86. The number of hydrogen-bond acceptors (Lipinski definition) is 4. The number of fused-ring (bicyclic) bond motifs is 1. The van der Waals surface area contributed by atoms with E-state index in [-0.39, 0.29) is 6.03 Å². The summed E-state index contributed by atoms with van der Waals surface area (Å²) < 4.78 is 0. The van der Waals surface area contributed by atoms with Gasteiger partial charge in [-0.05, 0) is 43.0 Å². The minimum absolute atomic E-state index is 0.0517. The Labute approximate surface area is 183 Å². The van der Waals surface area contributed by atoms with Gasteiger partial charge in [0.1, 0.15) is 11.9 Å². The fourth-order valence-corrected chi connectivity index (χ4v) is 4.01. The second-order valence-corrected chi connectivity index (χ2v) is 8.02. The zero-order valence-electron chi connectivity index (χ0n) is 18.1. The third-order valence-electron chi connectivity index (χ3n) is 5.98. The Kier molecular flexibility index (Phi) is 6.03. The summed E-state index contributed by atoms with van der Waals surface area (Å²) in [6, 6.07) is 18.2. The predicted molar refractivity (Wildman–Crippen MR) is 123 cm³/mol. The topological polar surface area (TPSA) is 72.3 Å². The zero-order chi connectivity index (χ0) is 21.8. The number of hydrogen-bond donors (Lipinski definition) is 1. The monoisotopic (exact) mass is 413 g/mol. The normalized spacial score (nSPS) is 14.2. The summed E-state index contributed by atoms with van der Waals surface area (Å²) in [4.78, 5) is 21.6. The average Bonchev–Trinajstić information content (AvgIpc) is 3.06. The Morgan fingerprint density at radius 1 is 1.10 bits per heavy atom. The highest BCUT2D eigenvalue weighted by Crippen LogP contribution is 2.27. The van der Waals surface area contributed by atoms with Crippen molar-refractivity contribution in [3.05, 3.63) is 70.8 Å². The summed E-state index contributed by atoms with van der Waals surface area (Å²) in [5.41, 5.74) is 4.93. The Morgan fingerprint density at radius 2 is 1.90 bits per heavy atom. The number of urea groups is 1. The fraction of sp³-hybridized carbons (Fsp3) is 0.320. The van der Waals surface area contributed by atoms with Crippen molar-refractivity contribution in [1.82, 2.24) is 15.2 Å². The smallest absolute Gasteiger partial charge is 0.317 e. The SMILES string of the molecule is Cc1ccc2cc(C#N)c(N3CCCN(C(=O)NCc4ccccc4)CC3)nc2c1C. The van der Waals surface area contributed by atoms with E-state index in [4.69, 9.17) is 4.98 Å². The maximum absolute atomic E-state index is 12.7. The second-order valence-electron chi connectivity index (χ2n) is 8.02. The van der Waals surface area contributed by atoms with Gasteiger partial charge in [0.2, 0.25) is 0 Å². The number of rotatable bonds is 3. The fourth-order valence-electron chi connectivity index (χ4n) is 4.01. The molecule has 1 fully saturated rings. The molecule has 2 heterocycles. The molecule has 1 aliphatic rings. The molecule has 31 heavy (non-hydrogen) atoms. The number of amides is 2. The first-order valence-electron chi connectivity index (χ1n) is 10.7. The van der Waals surface area contributed by atoms with Crippen LogP contribution in [0.5, 0.6) is 0 Å². The van der Waals surface area contributed by atoms with Crippen LogP contribution in [0.1, 0.15) is 28.7 Å². The lowest BCUT2D eigenvalue weighted by molar-refractivity contribution is 0.201. The number of nitrogens with zero attached hydrogens (tertiary/aromatic N) is 4. The van der Waals surface area contributed by atoms with Gasteiger partial charge in [-0.25, -0.2) is 9.78 Å². The molecule has 4 rings (SSSR count). The van der Waals surface area contributed by atoms with Crippen LogP contribution in [0.15, 0.2) is 48.5 Å². The number of anilines is 1. The minimum atomic E-state index is -0.0517. The zero-order valence-corrected chi connectivity index (χ0v) is 18.1. The third-order valence-corrected chi connectivity index (χ3v) is 5.98. The maximum Gasteiger partial charge on any atom is 0.317 e. The second kappa shape index (κ2) is 9.05. The number of carbonyl (C=O) groups is 1. The van der Waals surface area contributed by atoms with Gasteiger partial charge < -0.3 is 15.1 Å². The Bertz CT molecular complexity index is 1140. The van der Waals surface area contributed by atoms with E-state index in [0.717, 1.165) is 40.8 Å². The van der Waals surface area contributed by atoms with E-state index in [1.807, 2.05) is 47.4 Å². The molecule has 2 amide bonds. The lowest BCUT2D eigenvalue weighted by Gasteiger charge is -2.24. The van der Waals surface area contributed by atoms with E-state index in [1.54, 1.807) is 0 Å². The van der Waals surface area contributed by atoms with Crippen molar-refractivity contribution in [3.8, 4) is 6.07 Å². The van der Waals surface area contributed by atoms with Gasteiger partial charge in [-0.1, -0.05) is 42.5 Å². The Balaban J connectivity index is 1.49. The van der Waals surface area contributed by atoms with Crippen LogP contribution in [-0.4, -0.2) is 42.1 Å². The van der Waals surface area contributed by atoms with Gasteiger partial charge in [0, 0.05) is 38.1 Å². The number of aryl methyl sites for hydroxylation is 2. The lowest BCUT2D eigenvalue weighted by atomic mass is 10.0. The molecular formula is C25H27N5O. The maximum atomic E-state index is 12.7. The molecule has 0 atom stereocenters. The highest BCUT2D eigenvalue weighted by Gasteiger charge is 2.22. The molecular weight excluding hydrogens is 386 g/mol. The van der Waals surface area contributed by atoms with E-state index >= 15 is 0 Å². The van der Waals surface area contributed by atoms with Gasteiger partial charge >= 0.3 is 6.03 Å². The molecule has 0 unspecified atom stereocenters. The first kappa shape index (κ1) is 20.7. The summed E-state index contributed by atoms with van der Waals surface area (Å²) >= 11 is 0. The van der Waals surface area contributed by atoms with Gasteiger partial charge in [0.15, 0.2) is 0 Å². The van der Waals surface area contributed by atoms with Gasteiger partial charge in [-0.15, -0.1) is 0 Å². The molecule has 0 bridgehead atoms. The largest absolute Gasteiger partial charge is 0.354 e. The lowest BCUT2D eigenvalue weighted by Crippen LogP contribution is -2.41. The summed E-state index contributed by atoms with van der Waals surface area (Å²) in [5.74, 6) is 0.718. The molecule has 1 aliphatic heterocycles. The molecule has 6 heteroatoms. The minimum Gasteiger partial charge on any atom is -0.354 e. The predicted octanol–water partition coefficient (Wildman–Crippen LogP) is 4.15. The van der Waals surface area contributed by atoms with Gasteiger partial charge in [-0.2, -0.15) is 5.26 Å². The van der Waals surface area contributed by atoms with Gasteiger partial charge in [0.05, 0.1) is 11.1 Å². The number of aromatic nitrogens is 1. The standard InChI is InChI=1S/C25H27N5O/c1-18-9-10-21-15-22(16-26)24(28-23(21)19(18)2)29-11-6-12-30(14-13-29)25(31)27-17-20-7-4-3-5-8-20/h3-5,7-10,15H,6,11-14,17H2,1-2H3,(H,27,31). The van der Waals surface area contributed by atoms with Crippen LogP contribution in [0.4, 0.5) is 10.6 Å². The molecule has 2 aromatic carbocycles. The summed E-state index contributed by atoms with van der Waals surface area (Å²) in [6.07, 6.45) is 0.830.